The first kappa shape index (κ1) is 23.4. The fourth-order valence-corrected chi connectivity index (χ4v) is 4.28. The lowest BCUT2D eigenvalue weighted by Crippen LogP contribution is -2.22. The number of carboxylic acids is 1. The molecule has 0 saturated heterocycles. The van der Waals surface area contributed by atoms with Crippen LogP contribution in [0.3, 0.4) is 0 Å². The molecule has 0 aliphatic rings. The van der Waals surface area contributed by atoms with Gasteiger partial charge in [-0.25, -0.2) is 0 Å². The van der Waals surface area contributed by atoms with Crippen molar-refractivity contribution in [2.24, 2.45) is 0 Å². The van der Waals surface area contributed by atoms with Crippen LogP contribution in [0.2, 0.25) is 0 Å². The van der Waals surface area contributed by atoms with Gasteiger partial charge in [-0.15, -0.1) is 10.2 Å². The van der Waals surface area contributed by atoms with Crippen molar-refractivity contribution in [1.29, 1.82) is 0 Å². The molecule has 0 unspecified atom stereocenters. The fourth-order valence-electron chi connectivity index (χ4n) is 3.26. The molecule has 0 spiro atoms. The number of para-hydroxylation sites is 1. The monoisotopic (exact) mass is 492 g/mol. The Morgan fingerprint density at radius 2 is 1.54 bits per heavy atom. The lowest BCUT2D eigenvalue weighted by molar-refractivity contribution is -0.399. The van der Waals surface area contributed by atoms with Crippen molar-refractivity contribution in [3.63, 3.8) is 0 Å². The third-order valence-electron chi connectivity index (χ3n) is 4.87. The van der Waals surface area contributed by atoms with E-state index in [1.807, 2.05) is 0 Å². The van der Waals surface area contributed by atoms with Gasteiger partial charge in [-0.1, -0.05) is 18.2 Å². The SMILES string of the molecule is COc1ccc(-c2nnc(Sc3c([N+](=O)[O-])cc(C(=O)[O-])cc3[N+](=O)[O-])n2-c2ccccc2)cc1. The Morgan fingerprint density at radius 3 is 2.06 bits per heavy atom. The highest BCUT2D eigenvalue weighted by Crippen LogP contribution is 2.43. The number of aromatic carboxylic acids is 1. The molecule has 0 atom stereocenters. The summed E-state index contributed by atoms with van der Waals surface area (Å²) in [6, 6.07) is 17.2. The van der Waals surface area contributed by atoms with E-state index in [1.165, 1.54) is 7.11 Å². The number of hydrogen-bond acceptors (Lipinski definition) is 10. The lowest BCUT2D eigenvalue weighted by Gasteiger charge is -2.11. The van der Waals surface area contributed by atoms with Crippen LogP contribution in [-0.4, -0.2) is 37.7 Å². The summed E-state index contributed by atoms with van der Waals surface area (Å²) >= 11 is 0.631. The van der Waals surface area contributed by atoms with Gasteiger partial charge >= 0.3 is 0 Å². The molecule has 0 N–H and O–H groups in total. The molecule has 0 radical (unpaired) electrons. The van der Waals surface area contributed by atoms with E-state index >= 15 is 0 Å². The van der Waals surface area contributed by atoms with Gasteiger partial charge in [-0.05, 0) is 48.2 Å². The highest BCUT2D eigenvalue weighted by Gasteiger charge is 2.30. The minimum atomic E-state index is -1.78. The van der Waals surface area contributed by atoms with Crippen LogP contribution in [0.4, 0.5) is 11.4 Å². The Balaban J connectivity index is 1.92. The van der Waals surface area contributed by atoms with Crippen LogP contribution >= 0.6 is 11.8 Å². The number of nitrogens with zero attached hydrogens (tertiary/aromatic N) is 5. The predicted octanol–water partition coefficient (Wildman–Crippen LogP) is 3.27. The summed E-state index contributed by atoms with van der Waals surface area (Å²) in [6.07, 6.45) is 0. The zero-order valence-electron chi connectivity index (χ0n) is 17.9. The summed E-state index contributed by atoms with van der Waals surface area (Å²) in [6.45, 7) is 0. The number of nitro benzene ring substituents is 2. The first-order valence-corrected chi connectivity index (χ1v) is 10.6. The zero-order chi connectivity index (χ0) is 25.1. The van der Waals surface area contributed by atoms with Crippen molar-refractivity contribution in [3.8, 4) is 22.8 Å². The molecular weight excluding hydrogens is 478 g/mol. The van der Waals surface area contributed by atoms with Gasteiger partial charge in [0.25, 0.3) is 11.4 Å². The number of carbonyl (C=O) groups is 1. The molecule has 0 aliphatic carbocycles. The summed E-state index contributed by atoms with van der Waals surface area (Å²) in [7, 11) is 1.53. The van der Waals surface area contributed by atoms with Crippen LogP contribution in [0.25, 0.3) is 17.1 Å². The highest BCUT2D eigenvalue weighted by molar-refractivity contribution is 7.99. The smallest absolute Gasteiger partial charge is 0.291 e. The number of benzene rings is 3. The molecule has 1 heterocycles. The zero-order valence-corrected chi connectivity index (χ0v) is 18.7. The van der Waals surface area contributed by atoms with E-state index in [0.29, 0.717) is 34.6 Å². The van der Waals surface area contributed by atoms with Gasteiger partial charge < -0.3 is 14.6 Å². The molecule has 0 bridgehead atoms. The van der Waals surface area contributed by atoms with Crippen molar-refractivity contribution in [2.75, 3.05) is 7.11 Å². The molecule has 0 saturated carbocycles. The molecule has 12 nitrogen and oxygen atoms in total. The molecule has 0 aliphatic heterocycles. The minimum Gasteiger partial charge on any atom is -0.545 e. The molecular formula is C22H14N5O7S-. The first-order chi connectivity index (χ1) is 16.8. The van der Waals surface area contributed by atoms with Crippen LogP contribution in [0.5, 0.6) is 5.75 Å². The number of methoxy groups -OCH3 is 1. The van der Waals surface area contributed by atoms with Crippen molar-refractivity contribution in [3.05, 3.63) is 92.5 Å². The molecule has 3 aromatic carbocycles. The second kappa shape index (κ2) is 9.61. The molecule has 13 heteroatoms. The van der Waals surface area contributed by atoms with Crippen LogP contribution in [0.1, 0.15) is 10.4 Å². The van der Waals surface area contributed by atoms with Gasteiger partial charge in [0, 0.05) is 28.9 Å². The molecule has 35 heavy (non-hydrogen) atoms. The van der Waals surface area contributed by atoms with Gasteiger partial charge in [0.15, 0.2) is 10.7 Å². The van der Waals surface area contributed by atoms with Crippen molar-refractivity contribution in [2.45, 2.75) is 10.1 Å². The summed E-state index contributed by atoms with van der Waals surface area (Å²) in [4.78, 5) is 32.5. The number of hydrogen-bond donors (Lipinski definition) is 0. The Bertz CT molecular complexity index is 1400. The Hall–Kier alpha value is -4.78. The van der Waals surface area contributed by atoms with Crippen molar-refractivity contribution in [1.82, 2.24) is 14.8 Å². The standard InChI is InChI=1S/C22H15N5O7S/c1-34-16-9-7-13(8-10-16)20-23-24-22(25(20)15-5-3-2-4-6-15)35-19-17(26(30)31)11-14(21(28)29)12-18(19)27(32)33/h2-12H,1H3,(H,28,29)/p-1. The van der Waals surface area contributed by atoms with E-state index in [-0.39, 0.29) is 5.16 Å². The molecule has 0 fully saturated rings. The minimum absolute atomic E-state index is 0.0921. The lowest BCUT2D eigenvalue weighted by atomic mass is 10.2. The average Bonchev–Trinajstić information content (AvgIpc) is 3.27. The van der Waals surface area contributed by atoms with E-state index < -0.39 is 37.6 Å². The van der Waals surface area contributed by atoms with Crippen LogP contribution < -0.4 is 9.84 Å². The van der Waals surface area contributed by atoms with Gasteiger partial charge in [0.2, 0.25) is 5.16 Å². The van der Waals surface area contributed by atoms with E-state index in [2.05, 4.69) is 10.2 Å². The van der Waals surface area contributed by atoms with Crippen LogP contribution in [-0.2, 0) is 0 Å². The Kier molecular flexibility index (Phi) is 6.42. The van der Waals surface area contributed by atoms with Gasteiger partial charge in [0.05, 0.1) is 22.9 Å². The molecule has 4 aromatic rings. The van der Waals surface area contributed by atoms with E-state index in [0.717, 1.165) is 12.1 Å². The maximum atomic E-state index is 11.7. The summed E-state index contributed by atoms with van der Waals surface area (Å²) in [5.41, 5.74) is -0.974. The molecule has 0 amide bonds. The van der Waals surface area contributed by atoms with Gasteiger partial charge in [-0.2, -0.15) is 0 Å². The molecule has 176 valence electrons. The maximum Gasteiger partial charge on any atom is 0.291 e. The van der Waals surface area contributed by atoms with E-state index in [1.54, 1.807) is 59.2 Å². The summed E-state index contributed by atoms with van der Waals surface area (Å²) < 4.78 is 6.77. The first-order valence-electron chi connectivity index (χ1n) is 9.81. The maximum absolute atomic E-state index is 11.7. The summed E-state index contributed by atoms with van der Waals surface area (Å²) in [5.74, 6) is -0.784. The number of carboxylic acid groups (broad SMARTS) is 1. The topological polar surface area (TPSA) is 166 Å². The second-order valence-electron chi connectivity index (χ2n) is 6.95. The predicted molar refractivity (Wildman–Crippen MR) is 122 cm³/mol. The molecule has 1 aromatic heterocycles. The third-order valence-corrected chi connectivity index (χ3v) is 5.94. The number of carbonyl (C=O) groups excluding carboxylic acids is 1. The fraction of sp³-hybridized carbons (Fsp3) is 0.0455. The highest BCUT2D eigenvalue weighted by atomic mass is 32.2. The number of rotatable bonds is 8. The van der Waals surface area contributed by atoms with E-state index in [9.17, 15) is 30.1 Å². The van der Waals surface area contributed by atoms with Crippen molar-refractivity contribution >= 4 is 29.1 Å². The number of ether oxygens (including phenoxy) is 1. The Labute approximate surface area is 201 Å². The largest absolute Gasteiger partial charge is 0.545 e. The molecule has 4 rings (SSSR count). The normalized spacial score (nSPS) is 10.7. The van der Waals surface area contributed by atoms with E-state index in [4.69, 9.17) is 4.74 Å². The quantitative estimate of drug-likeness (QED) is 0.263. The summed E-state index contributed by atoms with van der Waals surface area (Å²) in [5, 5.41) is 43.1. The average molecular weight is 492 g/mol. The van der Waals surface area contributed by atoms with Gasteiger partial charge in [-0.3, -0.25) is 24.8 Å². The third kappa shape index (κ3) is 4.65. The Morgan fingerprint density at radius 1 is 0.943 bits per heavy atom. The number of aromatic nitrogens is 3. The van der Waals surface area contributed by atoms with Crippen LogP contribution in [0.15, 0.2) is 76.8 Å². The van der Waals surface area contributed by atoms with Crippen LogP contribution in [0, 0.1) is 20.2 Å². The second-order valence-corrected chi connectivity index (χ2v) is 7.93. The van der Waals surface area contributed by atoms with Crippen molar-refractivity contribution < 1.29 is 24.5 Å². The number of nitro groups is 2. The van der Waals surface area contributed by atoms with Gasteiger partial charge in [0.1, 0.15) is 5.75 Å².